The molecular weight excluding hydrogens is 296 g/mol. The molecule has 0 aliphatic rings. The first kappa shape index (κ1) is 16.9. The number of hydrogen-bond donors (Lipinski definition) is 3. The number of sulfonamides is 1. The predicted molar refractivity (Wildman–Crippen MR) is 78.8 cm³/mol. The zero-order chi connectivity index (χ0) is 16.0. The fourth-order valence-electron chi connectivity index (χ4n) is 1.46. The standard InChI is InChI=1S/C12H18N4O4S/c1-16(2)21(19,20)7-6-14-12(17)10-5-3-4-9(8-10)11(13)15-18/h3-5,8,18H,6-7H2,1-2H3,(H2,13,15)(H,14,17). The monoisotopic (exact) mass is 314 g/mol. The fourth-order valence-corrected chi connectivity index (χ4v) is 2.18. The van der Waals surface area contributed by atoms with E-state index in [1.807, 2.05) is 0 Å². The Hall–Kier alpha value is -2.13. The number of carbonyl (C=O) groups is 1. The molecule has 1 aromatic rings. The second kappa shape index (κ2) is 7.04. The number of oxime groups is 1. The number of rotatable bonds is 6. The van der Waals surface area contributed by atoms with Gasteiger partial charge in [-0.05, 0) is 12.1 Å². The number of benzene rings is 1. The Labute approximate surface area is 123 Å². The van der Waals surface area contributed by atoms with Crippen LogP contribution >= 0.6 is 0 Å². The summed E-state index contributed by atoms with van der Waals surface area (Å²) in [6.45, 7) is -0.00680. The number of nitrogens with two attached hydrogens (primary N) is 1. The summed E-state index contributed by atoms with van der Waals surface area (Å²) < 4.78 is 24.2. The summed E-state index contributed by atoms with van der Waals surface area (Å²) in [5, 5.41) is 13.9. The first-order valence-corrected chi connectivity index (χ1v) is 7.65. The van der Waals surface area contributed by atoms with Gasteiger partial charge in [0.15, 0.2) is 5.84 Å². The van der Waals surface area contributed by atoms with E-state index >= 15 is 0 Å². The van der Waals surface area contributed by atoms with E-state index in [0.29, 0.717) is 11.1 Å². The van der Waals surface area contributed by atoms with Gasteiger partial charge in [-0.3, -0.25) is 4.79 Å². The highest BCUT2D eigenvalue weighted by molar-refractivity contribution is 7.89. The van der Waals surface area contributed by atoms with Crippen molar-refractivity contribution in [3.8, 4) is 0 Å². The van der Waals surface area contributed by atoms with Gasteiger partial charge in [-0.25, -0.2) is 12.7 Å². The molecular formula is C12H18N4O4S. The molecule has 4 N–H and O–H groups in total. The van der Waals surface area contributed by atoms with Crippen LogP contribution < -0.4 is 11.1 Å². The summed E-state index contributed by atoms with van der Waals surface area (Å²) in [4.78, 5) is 11.9. The number of amides is 1. The third-order valence-electron chi connectivity index (χ3n) is 2.73. The minimum atomic E-state index is -3.36. The Morgan fingerprint density at radius 3 is 2.57 bits per heavy atom. The third-order valence-corrected chi connectivity index (χ3v) is 4.56. The van der Waals surface area contributed by atoms with Crippen molar-refractivity contribution in [3.05, 3.63) is 35.4 Å². The highest BCUT2D eigenvalue weighted by Gasteiger charge is 2.14. The van der Waals surface area contributed by atoms with Gasteiger partial charge in [-0.1, -0.05) is 17.3 Å². The van der Waals surface area contributed by atoms with Crippen molar-refractivity contribution in [1.29, 1.82) is 0 Å². The van der Waals surface area contributed by atoms with E-state index in [1.54, 1.807) is 18.2 Å². The highest BCUT2D eigenvalue weighted by atomic mass is 32.2. The first-order valence-electron chi connectivity index (χ1n) is 6.04. The lowest BCUT2D eigenvalue weighted by molar-refractivity contribution is 0.0956. The second-order valence-electron chi connectivity index (χ2n) is 4.42. The average Bonchev–Trinajstić information content (AvgIpc) is 2.46. The van der Waals surface area contributed by atoms with E-state index in [-0.39, 0.29) is 18.1 Å². The van der Waals surface area contributed by atoms with Crippen molar-refractivity contribution in [3.63, 3.8) is 0 Å². The van der Waals surface area contributed by atoms with Gasteiger partial charge in [0.25, 0.3) is 5.91 Å². The number of nitrogens with one attached hydrogen (secondary N) is 1. The second-order valence-corrected chi connectivity index (χ2v) is 6.72. The normalized spacial score (nSPS) is 12.4. The zero-order valence-corrected chi connectivity index (χ0v) is 12.6. The summed E-state index contributed by atoms with van der Waals surface area (Å²) in [6.07, 6.45) is 0. The van der Waals surface area contributed by atoms with Crippen LogP contribution in [0.2, 0.25) is 0 Å². The summed E-state index contributed by atoms with van der Waals surface area (Å²) in [6, 6.07) is 6.16. The van der Waals surface area contributed by atoms with Crippen LogP contribution in [0, 0.1) is 0 Å². The van der Waals surface area contributed by atoms with E-state index in [4.69, 9.17) is 10.9 Å². The molecule has 116 valence electrons. The van der Waals surface area contributed by atoms with Crippen LogP contribution in [-0.4, -0.2) is 56.1 Å². The summed E-state index contributed by atoms with van der Waals surface area (Å²) >= 11 is 0. The van der Waals surface area contributed by atoms with E-state index in [2.05, 4.69) is 10.5 Å². The van der Waals surface area contributed by atoms with Crippen LogP contribution in [0.25, 0.3) is 0 Å². The van der Waals surface area contributed by atoms with Gasteiger partial charge in [0, 0.05) is 31.8 Å². The minimum Gasteiger partial charge on any atom is -0.409 e. The number of amidine groups is 1. The number of carbonyl (C=O) groups excluding carboxylic acids is 1. The van der Waals surface area contributed by atoms with Crippen LogP contribution in [0.4, 0.5) is 0 Å². The SMILES string of the molecule is CN(C)S(=O)(=O)CCNC(=O)c1cccc(/C(N)=N/O)c1. The summed E-state index contributed by atoms with van der Waals surface area (Å²) in [5.74, 6) is -0.734. The zero-order valence-electron chi connectivity index (χ0n) is 11.8. The van der Waals surface area contributed by atoms with Crippen molar-refractivity contribution in [2.75, 3.05) is 26.4 Å². The Kier molecular flexibility index (Phi) is 5.68. The van der Waals surface area contributed by atoms with Gasteiger partial charge in [0.05, 0.1) is 5.75 Å². The molecule has 0 saturated carbocycles. The number of nitrogens with zero attached hydrogens (tertiary/aromatic N) is 2. The van der Waals surface area contributed by atoms with Crippen LogP contribution in [0.5, 0.6) is 0 Å². The van der Waals surface area contributed by atoms with Gasteiger partial charge in [-0.2, -0.15) is 0 Å². The molecule has 0 unspecified atom stereocenters. The lowest BCUT2D eigenvalue weighted by Crippen LogP contribution is -2.34. The quantitative estimate of drug-likeness (QED) is 0.280. The van der Waals surface area contributed by atoms with Crippen LogP contribution in [-0.2, 0) is 10.0 Å². The van der Waals surface area contributed by atoms with Crippen molar-refractivity contribution < 1.29 is 18.4 Å². The van der Waals surface area contributed by atoms with E-state index in [9.17, 15) is 13.2 Å². The Morgan fingerprint density at radius 2 is 2.00 bits per heavy atom. The molecule has 0 aliphatic carbocycles. The van der Waals surface area contributed by atoms with Crippen molar-refractivity contribution in [2.45, 2.75) is 0 Å². The maximum absolute atomic E-state index is 11.9. The minimum absolute atomic E-state index is 0.00680. The Morgan fingerprint density at radius 1 is 1.38 bits per heavy atom. The smallest absolute Gasteiger partial charge is 0.251 e. The molecule has 1 aromatic carbocycles. The summed E-state index contributed by atoms with van der Waals surface area (Å²) in [7, 11) is -0.499. The fraction of sp³-hybridized carbons (Fsp3) is 0.333. The molecule has 0 bridgehead atoms. The summed E-state index contributed by atoms with van der Waals surface area (Å²) in [5.41, 5.74) is 6.12. The lowest BCUT2D eigenvalue weighted by Gasteiger charge is -2.11. The molecule has 8 nitrogen and oxygen atoms in total. The molecule has 0 aromatic heterocycles. The Balaban J connectivity index is 2.69. The van der Waals surface area contributed by atoms with E-state index in [0.717, 1.165) is 4.31 Å². The molecule has 21 heavy (non-hydrogen) atoms. The molecule has 0 atom stereocenters. The topological polar surface area (TPSA) is 125 Å². The predicted octanol–water partition coefficient (Wildman–Crippen LogP) is -0.598. The maximum Gasteiger partial charge on any atom is 0.251 e. The van der Waals surface area contributed by atoms with Crippen LogP contribution in [0.1, 0.15) is 15.9 Å². The van der Waals surface area contributed by atoms with Crippen molar-refractivity contribution in [2.24, 2.45) is 10.9 Å². The average molecular weight is 314 g/mol. The molecule has 0 aliphatic heterocycles. The van der Waals surface area contributed by atoms with Crippen LogP contribution in [0.3, 0.4) is 0 Å². The molecule has 0 fully saturated rings. The van der Waals surface area contributed by atoms with Crippen LogP contribution in [0.15, 0.2) is 29.4 Å². The molecule has 0 heterocycles. The van der Waals surface area contributed by atoms with E-state index < -0.39 is 15.9 Å². The Bertz CT molecular complexity index is 640. The molecule has 0 saturated heterocycles. The first-order chi connectivity index (χ1) is 9.77. The number of hydrogen-bond acceptors (Lipinski definition) is 5. The van der Waals surface area contributed by atoms with Gasteiger partial charge in [0.1, 0.15) is 0 Å². The van der Waals surface area contributed by atoms with E-state index in [1.165, 1.54) is 20.2 Å². The largest absolute Gasteiger partial charge is 0.409 e. The van der Waals surface area contributed by atoms with Crippen molar-refractivity contribution >= 4 is 21.8 Å². The van der Waals surface area contributed by atoms with Gasteiger partial charge in [-0.15, -0.1) is 0 Å². The molecule has 0 radical (unpaired) electrons. The molecule has 0 spiro atoms. The molecule has 1 amide bonds. The molecule has 9 heteroatoms. The van der Waals surface area contributed by atoms with Crippen molar-refractivity contribution in [1.82, 2.24) is 9.62 Å². The third kappa shape index (κ3) is 4.72. The van der Waals surface area contributed by atoms with Gasteiger partial charge >= 0.3 is 0 Å². The highest BCUT2D eigenvalue weighted by Crippen LogP contribution is 2.05. The lowest BCUT2D eigenvalue weighted by atomic mass is 10.1. The maximum atomic E-state index is 11.9. The van der Waals surface area contributed by atoms with Gasteiger partial charge < -0.3 is 16.3 Å². The van der Waals surface area contributed by atoms with Gasteiger partial charge in [0.2, 0.25) is 10.0 Å². The molecule has 1 rings (SSSR count).